The van der Waals surface area contributed by atoms with E-state index in [2.05, 4.69) is 5.32 Å². The van der Waals surface area contributed by atoms with Crippen LogP contribution in [0.4, 0.5) is 4.39 Å². The third-order valence-corrected chi connectivity index (χ3v) is 3.22. The molecule has 0 radical (unpaired) electrons. The Morgan fingerprint density at radius 2 is 1.60 bits per heavy atom. The Morgan fingerprint density at radius 1 is 1.10 bits per heavy atom. The standard InChI is InChI=1S/C16H16FNO2/c1-18-15(16(19)20)10-11-2-4-12(5-3-11)13-6-8-14(17)9-7-13/h2-9,15,18H,10H2,1H3,(H,19,20)/t15-/m0/s1. The minimum absolute atomic E-state index is 0.260. The zero-order chi connectivity index (χ0) is 14.5. The summed E-state index contributed by atoms with van der Waals surface area (Å²) < 4.78 is 12.9. The lowest BCUT2D eigenvalue weighted by atomic mass is 10.0. The lowest BCUT2D eigenvalue weighted by Crippen LogP contribution is -2.35. The van der Waals surface area contributed by atoms with Crippen molar-refractivity contribution in [2.45, 2.75) is 12.5 Å². The van der Waals surface area contributed by atoms with Crippen LogP contribution in [-0.4, -0.2) is 24.2 Å². The van der Waals surface area contributed by atoms with Crippen LogP contribution in [0.2, 0.25) is 0 Å². The molecule has 0 spiro atoms. The van der Waals surface area contributed by atoms with Gasteiger partial charge in [-0.2, -0.15) is 0 Å². The van der Waals surface area contributed by atoms with Gasteiger partial charge in [0.15, 0.2) is 0 Å². The molecule has 0 amide bonds. The molecule has 0 saturated carbocycles. The Labute approximate surface area is 117 Å². The Kier molecular flexibility index (Phi) is 4.48. The zero-order valence-corrected chi connectivity index (χ0v) is 11.1. The number of benzene rings is 2. The van der Waals surface area contributed by atoms with Gasteiger partial charge >= 0.3 is 5.97 Å². The number of likely N-dealkylation sites (N-methyl/N-ethyl adjacent to an activating group) is 1. The number of carboxylic acid groups (broad SMARTS) is 1. The number of aliphatic carboxylic acids is 1. The zero-order valence-electron chi connectivity index (χ0n) is 11.1. The molecule has 0 aliphatic carbocycles. The fourth-order valence-corrected chi connectivity index (χ4v) is 2.02. The molecule has 4 heteroatoms. The molecule has 0 saturated heterocycles. The summed E-state index contributed by atoms with van der Waals surface area (Å²) in [4.78, 5) is 11.0. The van der Waals surface area contributed by atoms with Crippen LogP contribution in [0.1, 0.15) is 5.56 Å². The van der Waals surface area contributed by atoms with Crippen LogP contribution < -0.4 is 5.32 Å². The van der Waals surface area contributed by atoms with Gasteiger partial charge in [-0.1, -0.05) is 36.4 Å². The Morgan fingerprint density at radius 3 is 2.05 bits per heavy atom. The smallest absolute Gasteiger partial charge is 0.321 e. The number of rotatable bonds is 5. The normalized spacial score (nSPS) is 12.1. The van der Waals surface area contributed by atoms with E-state index in [-0.39, 0.29) is 5.82 Å². The molecule has 0 aliphatic rings. The molecule has 104 valence electrons. The molecule has 0 bridgehead atoms. The van der Waals surface area contributed by atoms with Crippen LogP contribution >= 0.6 is 0 Å². The minimum atomic E-state index is -0.866. The first kappa shape index (κ1) is 14.2. The van der Waals surface area contributed by atoms with Crippen molar-refractivity contribution in [1.82, 2.24) is 5.32 Å². The highest BCUT2D eigenvalue weighted by Gasteiger charge is 2.14. The molecule has 0 aromatic heterocycles. The second-order valence-corrected chi connectivity index (χ2v) is 4.59. The molecule has 2 aromatic carbocycles. The number of hydrogen-bond acceptors (Lipinski definition) is 2. The van der Waals surface area contributed by atoms with Crippen LogP contribution in [-0.2, 0) is 11.2 Å². The average Bonchev–Trinajstić information content (AvgIpc) is 2.46. The second kappa shape index (κ2) is 6.30. The van der Waals surface area contributed by atoms with E-state index in [1.165, 1.54) is 12.1 Å². The molecule has 1 atom stereocenters. The van der Waals surface area contributed by atoms with Gasteiger partial charge in [0.2, 0.25) is 0 Å². The van der Waals surface area contributed by atoms with Crippen molar-refractivity contribution in [2.24, 2.45) is 0 Å². The summed E-state index contributed by atoms with van der Waals surface area (Å²) >= 11 is 0. The summed E-state index contributed by atoms with van der Waals surface area (Å²) in [5.74, 6) is -1.13. The first-order chi connectivity index (χ1) is 9.60. The van der Waals surface area contributed by atoms with Crippen molar-refractivity contribution in [2.75, 3.05) is 7.05 Å². The maximum atomic E-state index is 12.9. The van der Waals surface area contributed by atoms with E-state index in [0.29, 0.717) is 6.42 Å². The predicted molar refractivity (Wildman–Crippen MR) is 76.0 cm³/mol. The van der Waals surface area contributed by atoms with Crippen molar-refractivity contribution < 1.29 is 14.3 Å². The largest absolute Gasteiger partial charge is 0.480 e. The number of nitrogens with one attached hydrogen (secondary N) is 1. The van der Waals surface area contributed by atoms with E-state index < -0.39 is 12.0 Å². The highest BCUT2D eigenvalue weighted by Crippen LogP contribution is 2.20. The van der Waals surface area contributed by atoms with Crippen molar-refractivity contribution in [3.8, 4) is 11.1 Å². The highest BCUT2D eigenvalue weighted by molar-refractivity contribution is 5.74. The molecule has 20 heavy (non-hydrogen) atoms. The quantitative estimate of drug-likeness (QED) is 0.880. The Hall–Kier alpha value is -2.20. The van der Waals surface area contributed by atoms with Crippen molar-refractivity contribution >= 4 is 5.97 Å². The first-order valence-corrected chi connectivity index (χ1v) is 6.35. The van der Waals surface area contributed by atoms with Crippen LogP contribution in [0.3, 0.4) is 0 Å². The lowest BCUT2D eigenvalue weighted by Gasteiger charge is -2.11. The topological polar surface area (TPSA) is 49.3 Å². The highest BCUT2D eigenvalue weighted by atomic mass is 19.1. The summed E-state index contributed by atoms with van der Waals surface area (Å²) in [6.07, 6.45) is 0.426. The molecular weight excluding hydrogens is 257 g/mol. The van der Waals surface area contributed by atoms with Crippen LogP contribution in [0.25, 0.3) is 11.1 Å². The molecule has 2 rings (SSSR count). The fraction of sp³-hybridized carbons (Fsp3) is 0.188. The number of carboxylic acids is 1. The number of hydrogen-bond donors (Lipinski definition) is 2. The molecular formula is C16H16FNO2. The monoisotopic (exact) mass is 273 g/mol. The van der Waals surface area contributed by atoms with Gasteiger partial charge in [0.05, 0.1) is 0 Å². The predicted octanol–water partition coefficient (Wildman–Crippen LogP) is 2.71. The molecule has 2 aromatic rings. The summed E-state index contributed by atoms with van der Waals surface area (Å²) in [5.41, 5.74) is 2.85. The maximum absolute atomic E-state index is 12.9. The minimum Gasteiger partial charge on any atom is -0.480 e. The van der Waals surface area contributed by atoms with Gasteiger partial charge < -0.3 is 10.4 Å². The van der Waals surface area contributed by atoms with E-state index in [9.17, 15) is 9.18 Å². The van der Waals surface area contributed by atoms with Crippen LogP contribution in [0.15, 0.2) is 48.5 Å². The molecule has 0 heterocycles. The number of halogens is 1. The maximum Gasteiger partial charge on any atom is 0.321 e. The van der Waals surface area contributed by atoms with Gasteiger partial charge in [-0.25, -0.2) is 4.39 Å². The third-order valence-electron chi connectivity index (χ3n) is 3.22. The van der Waals surface area contributed by atoms with Crippen molar-refractivity contribution in [3.63, 3.8) is 0 Å². The summed E-state index contributed by atoms with van der Waals surface area (Å²) in [5, 5.41) is 11.8. The second-order valence-electron chi connectivity index (χ2n) is 4.59. The lowest BCUT2D eigenvalue weighted by molar-refractivity contribution is -0.139. The molecule has 3 nitrogen and oxygen atoms in total. The van der Waals surface area contributed by atoms with E-state index in [0.717, 1.165) is 16.7 Å². The molecule has 0 unspecified atom stereocenters. The van der Waals surface area contributed by atoms with E-state index in [1.807, 2.05) is 24.3 Å². The van der Waals surface area contributed by atoms with Gasteiger partial charge in [0.25, 0.3) is 0 Å². The van der Waals surface area contributed by atoms with Gasteiger partial charge in [0, 0.05) is 0 Å². The Balaban J connectivity index is 2.13. The van der Waals surface area contributed by atoms with Crippen molar-refractivity contribution in [1.29, 1.82) is 0 Å². The molecule has 2 N–H and O–H groups in total. The van der Waals surface area contributed by atoms with E-state index >= 15 is 0 Å². The van der Waals surface area contributed by atoms with Gasteiger partial charge in [-0.3, -0.25) is 4.79 Å². The van der Waals surface area contributed by atoms with Gasteiger partial charge in [0.1, 0.15) is 11.9 Å². The average molecular weight is 273 g/mol. The van der Waals surface area contributed by atoms with Gasteiger partial charge in [-0.15, -0.1) is 0 Å². The van der Waals surface area contributed by atoms with E-state index in [1.54, 1.807) is 19.2 Å². The van der Waals surface area contributed by atoms with Gasteiger partial charge in [-0.05, 0) is 42.3 Å². The SMILES string of the molecule is CN[C@@H](Cc1ccc(-c2ccc(F)cc2)cc1)C(=O)O. The van der Waals surface area contributed by atoms with Crippen LogP contribution in [0, 0.1) is 5.82 Å². The summed E-state index contributed by atoms with van der Waals surface area (Å²) in [6.45, 7) is 0. The first-order valence-electron chi connectivity index (χ1n) is 6.35. The summed E-state index contributed by atoms with van der Waals surface area (Å²) in [6, 6.07) is 13.3. The van der Waals surface area contributed by atoms with Crippen molar-refractivity contribution in [3.05, 3.63) is 59.9 Å². The van der Waals surface area contributed by atoms with Crippen LogP contribution in [0.5, 0.6) is 0 Å². The molecule has 0 fully saturated rings. The number of carbonyl (C=O) groups is 1. The fourth-order valence-electron chi connectivity index (χ4n) is 2.02. The third kappa shape index (κ3) is 3.42. The summed E-state index contributed by atoms with van der Waals surface area (Å²) in [7, 11) is 1.63. The van der Waals surface area contributed by atoms with E-state index in [4.69, 9.17) is 5.11 Å². The molecule has 0 aliphatic heterocycles. The Bertz CT molecular complexity index is 578.